The van der Waals surface area contributed by atoms with Gasteiger partial charge in [0.15, 0.2) is 6.23 Å². The zero-order valence-electron chi connectivity index (χ0n) is 11.3. The van der Waals surface area contributed by atoms with E-state index in [0.29, 0.717) is 0 Å². The summed E-state index contributed by atoms with van der Waals surface area (Å²) in [6.45, 7) is 0.745. The Labute approximate surface area is 123 Å². The molecule has 1 saturated heterocycles. The lowest BCUT2D eigenvalue weighted by molar-refractivity contribution is -0.0552. The van der Waals surface area contributed by atoms with Crippen molar-refractivity contribution in [2.45, 2.75) is 31.5 Å². The molecule has 1 aromatic rings. The van der Waals surface area contributed by atoms with Gasteiger partial charge in [-0.2, -0.15) is 0 Å². The van der Waals surface area contributed by atoms with Gasteiger partial charge < -0.3 is 24.7 Å². The van der Waals surface area contributed by atoms with Crippen molar-refractivity contribution in [2.75, 3.05) is 6.61 Å². The molecule has 0 bridgehead atoms. The average Bonchev–Trinajstić information content (AvgIpc) is 2.63. The minimum absolute atomic E-state index is 0.182. The van der Waals surface area contributed by atoms with Gasteiger partial charge in [0.25, 0.3) is 5.56 Å². The van der Waals surface area contributed by atoms with E-state index in [0.717, 1.165) is 10.6 Å². The number of ether oxygens (including phenoxy) is 1. The van der Waals surface area contributed by atoms with Crippen molar-refractivity contribution in [1.82, 2.24) is 9.55 Å². The Morgan fingerprint density at radius 3 is 2.55 bits per heavy atom. The molecule has 1 aromatic heterocycles. The molecule has 5 N–H and O–H groups in total. The average molecular weight is 338 g/mol. The minimum Gasteiger partial charge on any atom is -0.387 e. The summed E-state index contributed by atoms with van der Waals surface area (Å²) in [7, 11) is -4.77. The lowest BCUT2D eigenvalue weighted by atomic mass is 10.1. The Kier molecular flexibility index (Phi) is 4.68. The molecule has 0 aromatic carbocycles. The molecular formula is C10H15N2O9P. The number of rotatable bonds is 4. The molecule has 0 saturated carbocycles. The van der Waals surface area contributed by atoms with E-state index in [4.69, 9.17) is 14.5 Å². The SMILES string of the molecule is Cc1cc(=O)[nH]c(=O)n1[C@@H]1O[C@H](COP(=O)(O)O)[C@H](O)[C@H]1O. The zero-order chi connectivity index (χ0) is 16.7. The first kappa shape index (κ1) is 17.0. The molecule has 0 amide bonds. The van der Waals surface area contributed by atoms with E-state index >= 15 is 0 Å². The van der Waals surface area contributed by atoms with E-state index in [1.807, 2.05) is 4.98 Å². The second kappa shape index (κ2) is 6.05. The van der Waals surface area contributed by atoms with Gasteiger partial charge in [0.2, 0.25) is 0 Å². The quantitative estimate of drug-likeness (QED) is 0.374. The summed E-state index contributed by atoms with van der Waals surface area (Å²) in [4.78, 5) is 42.2. The molecule has 2 rings (SSSR count). The van der Waals surface area contributed by atoms with E-state index in [1.54, 1.807) is 0 Å². The summed E-state index contributed by atoms with van der Waals surface area (Å²) in [5, 5.41) is 19.8. The van der Waals surface area contributed by atoms with Gasteiger partial charge in [-0.3, -0.25) is 18.9 Å². The largest absolute Gasteiger partial charge is 0.469 e. The van der Waals surface area contributed by atoms with Crippen molar-refractivity contribution in [3.05, 3.63) is 32.6 Å². The van der Waals surface area contributed by atoms with Crippen LogP contribution in [0.1, 0.15) is 11.9 Å². The summed E-state index contributed by atoms with van der Waals surface area (Å²) in [6.07, 6.45) is -5.67. The number of aryl methyl sites for hydroxylation is 1. The van der Waals surface area contributed by atoms with Gasteiger partial charge in [-0.15, -0.1) is 0 Å². The van der Waals surface area contributed by atoms with Crippen LogP contribution in [0.15, 0.2) is 15.7 Å². The molecule has 0 radical (unpaired) electrons. The van der Waals surface area contributed by atoms with Gasteiger partial charge in [-0.05, 0) is 6.92 Å². The summed E-state index contributed by atoms with van der Waals surface area (Å²) >= 11 is 0. The number of aliphatic hydroxyl groups is 2. The Hall–Kier alpha value is -1.33. The molecule has 22 heavy (non-hydrogen) atoms. The van der Waals surface area contributed by atoms with E-state index in [1.165, 1.54) is 6.92 Å². The number of hydrogen-bond acceptors (Lipinski definition) is 7. The zero-order valence-corrected chi connectivity index (χ0v) is 12.2. The number of aromatic amines is 1. The third kappa shape index (κ3) is 3.52. The van der Waals surface area contributed by atoms with Crippen LogP contribution in [0.4, 0.5) is 0 Å². The fourth-order valence-corrected chi connectivity index (χ4v) is 2.53. The van der Waals surface area contributed by atoms with Crippen LogP contribution in [0.3, 0.4) is 0 Å². The molecule has 0 spiro atoms. The normalized spacial score (nSPS) is 29.0. The molecule has 1 fully saturated rings. The number of hydrogen-bond donors (Lipinski definition) is 5. The highest BCUT2D eigenvalue weighted by molar-refractivity contribution is 7.46. The molecule has 1 aliphatic heterocycles. The summed E-state index contributed by atoms with van der Waals surface area (Å²) in [5.74, 6) is 0. The van der Waals surface area contributed by atoms with Crippen LogP contribution in [0.25, 0.3) is 0 Å². The molecule has 1 aliphatic rings. The van der Waals surface area contributed by atoms with Crippen LogP contribution in [0.2, 0.25) is 0 Å². The van der Waals surface area contributed by atoms with Crippen molar-refractivity contribution < 1.29 is 33.8 Å². The second-order valence-corrected chi connectivity index (χ2v) is 6.02. The van der Waals surface area contributed by atoms with E-state index < -0.39 is 50.2 Å². The highest BCUT2D eigenvalue weighted by Gasteiger charge is 2.45. The maximum atomic E-state index is 11.8. The summed E-state index contributed by atoms with van der Waals surface area (Å²) < 4.78 is 21.0. The van der Waals surface area contributed by atoms with Gasteiger partial charge in [-0.1, -0.05) is 0 Å². The molecule has 2 heterocycles. The smallest absolute Gasteiger partial charge is 0.387 e. The van der Waals surface area contributed by atoms with Crippen LogP contribution in [-0.2, 0) is 13.8 Å². The van der Waals surface area contributed by atoms with Crippen molar-refractivity contribution in [1.29, 1.82) is 0 Å². The van der Waals surface area contributed by atoms with Crippen molar-refractivity contribution in [3.63, 3.8) is 0 Å². The van der Waals surface area contributed by atoms with Gasteiger partial charge in [-0.25, -0.2) is 9.36 Å². The number of aliphatic hydroxyl groups excluding tert-OH is 2. The van der Waals surface area contributed by atoms with Crippen LogP contribution >= 0.6 is 7.82 Å². The number of phosphoric acid groups is 1. The van der Waals surface area contributed by atoms with E-state index in [-0.39, 0.29) is 5.69 Å². The van der Waals surface area contributed by atoms with E-state index in [9.17, 15) is 24.4 Å². The van der Waals surface area contributed by atoms with Gasteiger partial charge in [0.1, 0.15) is 18.3 Å². The predicted octanol–water partition coefficient (Wildman–Crippen LogP) is -2.43. The molecule has 0 aliphatic carbocycles. The number of nitrogens with one attached hydrogen (secondary N) is 1. The maximum Gasteiger partial charge on any atom is 0.469 e. The van der Waals surface area contributed by atoms with Gasteiger partial charge in [0.05, 0.1) is 6.61 Å². The monoisotopic (exact) mass is 338 g/mol. The highest BCUT2D eigenvalue weighted by Crippen LogP contribution is 2.38. The van der Waals surface area contributed by atoms with Crippen molar-refractivity contribution in [3.8, 4) is 0 Å². The van der Waals surface area contributed by atoms with Crippen LogP contribution in [0, 0.1) is 6.92 Å². The second-order valence-electron chi connectivity index (χ2n) is 4.78. The van der Waals surface area contributed by atoms with E-state index in [2.05, 4.69) is 4.52 Å². The highest BCUT2D eigenvalue weighted by atomic mass is 31.2. The van der Waals surface area contributed by atoms with Crippen LogP contribution in [-0.4, -0.2) is 54.5 Å². The van der Waals surface area contributed by atoms with Crippen LogP contribution < -0.4 is 11.2 Å². The molecule has 0 unspecified atom stereocenters. The lowest BCUT2D eigenvalue weighted by Crippen LogP contribution is -2.39. The first-order valence-electron chi connectivity index (χ1n) is 6.14. The fourth-order valence-electron chi connectivity index (χ4n) is 2.19. The number of nitrogens with zero attached hydrogens (tertiary/aromatic N) is 1. The molecule has 12 heteroatoms. The fraction of sp³-hybridized carbons (Fsp3) is 0.600. The topological polar surface area (TPSA) is 171 Å². The molecule has 124 valence electrons. The standard InChI is InChI=1S/C10H15N2O9P/c1-4-2-6(13)11-10(16)12(4)9-8(15)7(14)5(21-9)3-20-22(17,18)19/h2,5,7-9,14-15H,3H2,1H3,(H,11,13,16)(H2,17,18,19)/t5-,7+,8-,9-/m1/s1. The lowest BCUT2D eigenvalue weighted by Gasteiger charge is -2.19. The Morgan fingerprint density at radius 1 is 1.36 bits per heavy atom. The molecular weight excluding hydrogens is 323 g/mol. The first-order valence-corrected chi connectivity index (χ1v) is 7.67. The third-order valence-corrected chi connectivity index (χ3v) is 3.65. The van der Waals surface area contributed by atoms with Crippen molar-refractivity contribution in [2.24, 2.45) is 0 Å². The Balaban J connectivity index is 2.26. The molecule has 4 atom stereocenters. The number of H-pyrrole nitrogens is 1. The van der Waals surface area contributed by atoms with Gasteiger partial charge >= 0.3 is 13.5 Å². The predicted molar refractivity (Wildman–Crippen MR) is 70.0 cm³/mol. The van der Waals surface area contributed by atoms with Gasteiger partial charge in [0, 0.05) is 11.8 Å². The first-order chi connectivity index (χ1) is 10.1. The summed E-state index contributed by atoms with van der Waals surface area (Å²) in [5.41, 5.74) is -1.30. The van der Waals surface area contributed by atoms with Crippen molar-refractivity contribution >= 4 is 7.82 Å². The number of phosphoric ester groups is 1. The van der Waals surface area contributed by atoms with Crippen LogP contribution in [0.5, 0.6) is 0 Å². The number of aromatic nitrogens is 2. The maximum absolute atomic E-state index is 11.8. The Bertz CT molecular complexity index is 707. The molecule has 11 nitrogen and oxygen atoms in total. The third-order valence-electron chi connectivity index (χ3n) is 3.17. The summed E-state index contributed by atoms with van der Waals surface area (Å²) in [6, 6.07) is 1.10. The Morgan fingerprint density at radius 2 is 2.00 bits per heavy atom. The minimum atomic E-state index is -4.77.